The third-order valence-corrected chi connectivity index (χ3v) is 2.86. The Balaban J connectivity index is 1.75. The molecule has 2 aromatic carbocycles. The summed E-state index contributed by atoms with van der Waals surface area (Å²) in [5.41, 5.74) is 0.723. The minimum absolute atomic E-state index is 0.143. The number of hydrogen-bond donors (Lipinski definition) is 0. The van der Waals surface area contributed by atoms with Gasteiger partial charge < -0.3 is 9.47 Å². The highest BCUT2D eigenvalue weighted by molar-refractivity contribution is 5.95. The summed E-state index contributed by atoms with van der Waals surface area (Å²) in [5.74, 6) is 1.72. The van der Waals surface area contributed by atoms with E-state index in [1.807, 2.05) is 49.4 Å². The number of rotatable bonds is 7. The molecule has 0 unspecified atom stereocenters. The van der Waals surface area contributed by atoms with E-state index in [1.165, 1.54) is 0 Å². The Morgan fingerprint density at radius 3 is 1.95 bits per heavy atom. The number of ketones is 1. The van der Waals surface area contributed by atoms with E-state index in [9.17, 15) is 4.79 Å². The van der Waals surface area contributed by atoms with Crippen molar-refractivity contribution in [2.45, 2.75) is 13.3 Å². The van der Waals surface area contributed by atoms with Crippen molar-refractivity contribution in [3.63, 3.8) is 0 Å². The van der Waals surface area contributed by atoms with Crippen LogP contribution in [0.3, 0.4) is 0 Å². The van der Waals surface area contributed by atoms with E-state index in [1.54, 1.807) is 12.1 Å². The fraction of sp³-hybridized carbons (Fsp3) is 0.235. The summed E-state index contributed by atoms with van der Waals surface area (Å²) in [6.45, 7) is 2.81. The monoisotopic (exact) mass is 270 g/mol. The molecule has 104 valence electrons. The second-order valence-electron chi connectivity index (χ2n) is 4.31. The van der Waals surface area contributed by atoms with Crippen molar-refractivity contribution in [3.05, 3.63) is 60.2 Å². The zero-order chi connectivity index (χ0) is 14.2. The van der Waals surface area contributed by atoms with Gasteiger partial charge in [-0.15, -0.1) is 0 Å². The maximum atomic E-state index is 11.5. The Hall–Kier alpha value is -2.29. The number of para-hydroxylation sites is 1. The van der Waals surface area contributed by atoms with Crippen LogP contribution in [0, 0.1) is 0 Å². The van der Waals surface area contributed by atoms with Crippen LogP contribution in [0.15, 0.2) is 54.6 Å². The molecule has 0 atom stereocenters. The molecule has 3 heteroatoms. The van der Waals surface area contributed by atoms with E-state index in [2.05, 4.69) is 0 Å². The topological polar surface area (TPSA) is 35.5 Å². The molecule has 0 heterocycles. The van der Waals surface area contributed by atoms with Gasteiger partial charge in [0.05, 0.1) is 0 Å². The first-order valence-electron chi connectivity index (χ1n) is 6.73. The lowest BCUT2D eigenvalue weighted by molar-refractivity contribution is 0.0988. The van der Waals surface area contributed by atoms with Gasteiger partial charge in [0.25, 0.3) is 0 Å². The molecular formula is C17H18O3. The van der Waals surface area contributed by atoms with Crippen molar-refractivity contribution in [1.29, 1.82) is 0 Å². The predicted molar refractivity (Wildman–Crippen MR) is 78.5 cm³/mol. The van der Waals surface area contributed by atoms with Gasteiger partial charge in [0.1, 0.15) is 24.7 Å². The third-order valence-electron chi connectivity index (χ3n) is 2.86. The normalized spacial score (nSPS) is 10.1. The Kier molecular flexibility index (Phi) is 5.18. The van der Waals surface area contributed by atoms with Crippen LogP contribution in [0.5, 0.6) is 11.5 Å². The molecule has 0 aliphatic heterocycles. The van der Waals surface area contributed by atoms with Gasteiger partial charge in [-0.05, 0) is 36.4 Å². The average Bonchev–Trinajstić information content (AvgIpc) is 2.52. The summed E-state index contributed by atoms with van der Waals surface area (Å²) >= 11 is 0. The second-order valence-corrected chi connectivity index (χ2v) is 4.31. The van der Waals surface area contributed by atoms with Crippen molar-refractivity contribution in [2.24, 2.45) is 0 Å². The number of carbonyl (C=O) groups excluding carboxylic acids is 1. The smallest absolute Gasteiger partial charge is 0.162 e. The molecule has 0 amide bonds. The Morgan fingerprint density at radius 1 is 0.850 bits per heavy atom. The third kappa shape index (κ3) is 4.12. The lowest BCUT2D eigenvalue weighted by Gasteiger charge is -2.08. The maximum absolute atomic E-state index is 11.5. The van der Waals surface area contributed by atoms with Gasteiger partial charge in [-0.3, -0.25) is 4.79 Å². The van der Waals surface area contributed by atoms with Crippen molar-refractivity contribution < 1.29 is 14.3 Å². The van der Waals surface area contributed by atoms with E-state index in [0.717, 1.165) is 17.1 Å². The summed E-state index contributed by atoms with van der Waals surface area (Å²) in [7, 11) is 0. The van der Waals surface area contributed by atoms with Crippen LogP contribution >= 0.6 is 0 Å². The molecule has 0 bridgehead atoms. The van der Waals surface area contributed by atoms with Crippen molar-refractivity contribution in [1.82, 2.24) is 0 Å². The van der Waals surface area contributed by atoms with Gasteiger partial charge in [-0.2, -0.15) is 0 Å². The van der Waals surface area contributed by atoms with Crippen LogP contribution in [-0.4, -0.2) is 19.0 Å². The van der Waals surface area contributed by atoms with Gasteiger partial charge in [0.15, 0.2) is 5.78 Å². The minimum atomic E-state index is 0.143. The molecule has 2 rings (SSSR count). The largest absolute Gasteiger partial charge is 0.490 e. The van der Waals surface area contributed by atoms with E-state index in [-0.39, 0.29) is 5.78 Å². The van der Waals surface area contributed by atoms with Crippen LogP contribution < -0.4 is 9.47 Å². The molecule has 0 fully saturated rings. The Labute approximate surface area is 119 Å². The maximum Gasteiger partial charge on any atom is 0.162 e. The van der Waals surface area contributed by atoms with Crippen LogP contribution in [0.4, 0.5) is 0 Å². The number of benzene rings is 2. The summed E-state index contributed by atoms with van der Waals surface area (Å²) in [6.07, 6.45) is 0.519. The fourth-order valence-corrected chi connectivity index (χ4v) is 1.78. The Morgan fingerprint density at radius 2 is 1.40 bits per heavy atom. The first kappa shape index (κ1) is 14.1. The molecule has 0 aliphatic carbocycles. The molecule has 0 spiro atoms. The number of ether oxygens (including phenoxy) is 2. The van der Waals surface area contributed by atoms with E-state index in [0.29, 0.717) is 19.6 Å². The van der Waals surface area contributed by atoms with Crippen LogP contribution in [-0.2, 0) is 0 Å². The molecule has 0 saturated heterocycles. The number of hydrogen-bond acceptors (Lipinski definition) is 3. The van der Waals surface area contributed by atoms with Gasteiger partial charge in [0.2, 0.25) is 0 Å². The first-order valence-corrected chi connectivity index (χ1v) is 6.73. The molecule has 0 saturated carbocycles. The molecule has 3 nitrogen and oxygen atoms in total. The van der Waals surface area contributed by atoms with Crippen LogP contribution in [0.2, 0.25) is 0 Å². The zero-order valence-corrected chi connectivity index (χ0v) is 11.5. The molecule has 0 radical (unpaired) electrons. The molecule has 0 aromatic heterocycles. The van der Waals surface area contributed by atoms with E-state index >= 15 is 0 Å². The van der Waals surface area contributed by atoms with Crippen molar-refractivity contribution >= 4 is 5.78 Å². The predicted octanol–water partition coefficient (Wildman–Crippen LogP) is 3.74. The highest BCUT2D eigenvalue weighted by Crippen LogP contribution is 2.14. The Bertz CT molecular complexity index is 532. The van der Waals surface area contributed by atoms with E-state index < -0.39 is 0 Å². The quantitative estimate of drug-likeness (QED) is 0.568. The van der Waals surface area contributed by atoms with Crippen LogP contribution in [0.1, 0.15) is 23.7 Å². The lowest BCUT2D eigenvalue weighted by Crippen LogP contribution is -2.09. The SMILES string of the molecule is CCC(=O)c1ccc(OCCOc2ccccc2)cc1. The second kappa shape index (κ2) is 7.34. The average molecular weight is 270 g/mol. The molecule has 0 N–H and O–H groups in total. The molecular weight excluding hydrogens is 252 g/mol. The summed E-state index contributed by atoms with van der Waals surface area (Å²) in [4.78, 5) is 11.5. The highest BCUT2D eigenvalue weighted by Gasteiger charge is 2.02. The summed E-state index contributed by atoms with van der Waals surface area (Å²) < 4.78 is 11.1. The molecule has 20 heavy (non-hydrogen) atoms. The highest BCUT2D eigenvalue weighted by atomic mass is 16.5. The van der Waals surface area contributed by atoms with Crippen molar-refractivity contribution in [2.75, 3.05) is 13.2 Å². The van der Waals surface area contributed by atoms with Gasteiger partial charge in [-0.25, -0.2) is 0 Å². The molecule has 0 aliphatic rings. The summed E-state index contributed by atoms with van der Waals surface area (Å²) in [5, 5.41) is 0. The standard InChI is InChI=1S/C17H18O3/c1-2-17(18)14-8-10-16(11-9-14)20-13-12-19-15-6-4-3-5-7-15/h3-11H,2,12-13H2,1H3. The van der Waals surface area contributed by atoms with Crippen molar-refractivity contribution in [3.8, 4) is 11.5 Å². The number of Topliss-reactive ketones (excluding diaryl/α,β-unsaturated/α-hetero) is 1. The molecule has 2 aromatic rings. The van der Waals surface area contributed by atoms with E-state index in [4.69, 9.17) is 9.47 Å². The fourth-order valence-electron chi connectivity index (χ4n) is 1.78. The van der Waals surface area contributed by atoms with Gasteiger partial charge in [0, 0.05) is 12.0 Å². The summed E-state index contributed by atoms with van der Waals surface area (Å²) in [6, 6.07) is 16.8. The lowest BCUT2D eigenvalue weighted by atomic mass is 10.1. The number of carbonyl (C=O) groups is 1. The zero-order valence-electron chi connectivity index (χ0n) is 11.5. The minimum Gasteiger partial charge on any atom is -0.490 e. The van der Waals surface area contributed by atoms with Gasteiger partial charge in [-0.1, -0.05) is 25.1 Å². The van der Waals surface area contributed by atoms with Gasteiger partial charge >= 0.3 is 0 Å². The van der Waals surface area contributed by atoms with Crippen LogP contribution in [0.25, 0.3) is 0 Å². The first-order chi connectivity index (χ1) is 9.79.